The van der Waals surface area contributed by atoms with E-state index in [2.05, 4.69) is 50.9 Å². The lowest BCUT2D eigenvalue weighted by atomic mass is 9.68. The number of carbonyl (C=O) groups excluding carboxylic acids is 3. The van der Waals surface area contributed by atoms with E-state index in [0.29, 0.717) is 37.0 Å². The number of anilines is 1. The number of cyclic esters (lactones) is 1. The minimum absolute atomic E-state index is 0.00463. The van der Waals surface area contributed by atoms with E-state index in [9.17, 15) is 18.6 Å². The number of carbonyl (C=O) groups is 3. The molecule has 3 heterocycles. The summed E-state index contributed by atoms with van der Waals surface area (Å²) >= 11 is 6.41. The molecule has 1 saturated heterocycles. The molecule has 6 unspecified atom stereocenters. The SMILES string of the molecule is CNC(C)=O.COC1/C=C/CC(C)C(C)S(=O)NC(=O)c2ccc3c(c2)N(CC2CCC21)C[C@@]1(CCCc2cc(Cl)ccc21)CO3.O=C1CCCO1. The topological polar surface area (TPSA) is 123 Å². The van der Waals surface area contributed by atoms with Crippen molar-refractivity contribution < 1.29 is 32.8 Å². The van der Waals surface area contributed by atoms with Crippen molar-refractivity contribution in [1.82, 2.24) is 10.0 Å². The highest BCUT2D eigenvalue weighted by atomic mass is 35.5. The molecule has 2 bridgehead atoms. The minimum atomic E-state index is -1.50. The number of fused-ring (bicyclic) bond motifs is 4. The third-order valence-electron chi connectivity index (χ3n) is 11.2. The Morgan fingerprint density at radius 1 is 1.10 bits per heavy atom. The van der Waals surface area contributed by atoms with E-state index in [4.69, 9.17) is 21.1 Å². The van der Waals surface area contributed by atoms with E-state index in [1.165, 1.54) is 18.1 Å². The van der Waals surface area contributed by atoms with Crippen LogP contribution >= 0.6 is 11.6 Å². The van der Waals surface area contributed by atoms with E-state index >= 15 is 0 Å². The molecular weight excluding hydrogens is 702 g/mol. The maximum atomic E-state index is 13.3. The van der Waals surface area contributed by atoms with Gasteiger partial charge in [-0.15, -0.1) is 0 Å². The first kappa shape index (κ1) is 39.8. The molecule has 0 aromatic heterocycles. The van der Waals surface area contributed by atoms with Crippen molar-refractivity contribution in [3.63, 3.8) is 0 Å². The van der Waals surface area contributed by atoms with E-state index in [1.807, 2.05) is 25.1 Å². The largest absolute Gasteiger partial charge is 0.490 e. The molecule has 12 heteroatoms. The maximum Gasteiger partial charge on any atom is 0.305 e. The summed E-state index contributed by atoms with van der Waals surface area (Å²) in [6.07, 6.45) is 12.2. The van der Waals surface area contributed by atoms with Crippen LogP contribution in [0.4, 0.5) is 5.69 Å². The van der Waals surface area contributed by atoms with Gasteiger partial charge in [-0.3, -0.25) is 19.1 Å². The van der Waals surface area contributed by atoms with Crippen LogP contribution in [0.15, 0.2) is 48.6 Å². The van der Waals surface area contributed by atoms with Crippen molar-refractivity contribution in [1.29, 1.82) is 0 Å². The molecule has 5 aliphatic rings. The number of hydrogen-bond acceptors (Lipinski definition) is 8. The van der Waals surface area contributed by atoms with E-state index in [1.54, 1.807) is 20.2 Å². The van der Waals surface area contributed by atoms with Gasteiger partial charge < -0.3 is 24.4 Å². The van der Waals surface area contributed by atoms with Crippen LogP contribution in [0, 0.1) is 17.8 Å². The number of rotatable bonds is 1. The summed E-state index contributed by atoms with van der Waals surface area (Å²) in [5, 5.41) is 2.98. The fourth-order valence-corrected chi connectivity index (χ4v) is 8.95. The van der Waals surface area contributed by atoms with Gasteiger partial charge >= 0.3 is 5.97 Å². The Kier molecular flexibility index (Phi) is 13.8. The number of benzene rings is 2. The fourth-order valence-electron chi connectivity index (χ4n) is 7.74. The number of esters is 1. The lowest BCUT2D eigenvalue weighted by molar-refractivity contribution is -0.138. The fraction of sp³-hybridized carbons (Fsp3) is 0.575. The summed E-state index contributed by atoms with van der Waals surface area (Å²) in [4.78, 5) is 35.5. The zero-order chi connectivity index (χ0) is 37.4. The van der Waals surface area contributed by atoms with Gasteiger partial charge in [0.15, 0.2) is 0 Å². The zero-order valence-corrected chi connectivity index (χ0v) is 32.7. The van der Waals surface area contributed by atoms with Crippen LogP contribution in [0.25, 0.3) is 0 Å². The predicted molar refractivity (Wildman–Crippen MR) is 205 cm³/mol. The molecule has 2 N–H and O–H groups in total. The highest BCUT2D eigenvalue weighted by Crippen LogP contribution is 2.47. The summed E-state index contributed by atoms with van der Waals surface area (Å²) in [6, 6.07) is 12.0. The normalized spacial score (nSPS) is 30.2. The van der Waals surface area contributed by atoms with Crippen LogP contribution in [-0.2, 0) is 41.9 Å². The Balaban J connectivity index is 0.000000410. The number of halogens is 1. The first-order valence-corrected chi connectivity index (χ1v) is 20.1. The van der Waals surface area contributed by atoms with Crippen LogP contribution < -0.4 is 19.7 Å². The molecule has 3 aliphatic heterocycles. The molecule has 2 aromatic carbocycles. The zero-order valence-electron chi connectivity index (χ0n) is 31.1. The molecule has 52 heavy (non-hydrogen) atoms. The molecule has 1 spiro atoms. The summed E-state index contributed by atoms with van der Waals surface area (Å²) in [5.74, 6) is 1.48. The molecule has 2 aromatic rings. The van der Waals surface area contributed by atoms with Crippen LogP contribution in [-0.4, -0.2) is 73.8 Å². The van der Waals surface area contributed by atoms with Crippen LogP contribution in [0.2, 0.25) is 5.02 Å². The molecule has 2 fully saturated rings. The lowest BCUT2D eigenvalue weighted by Gasteiger charge is -2.46. The molecule has 10 nitrogen and oxygen atoms in total. The van der Waals surface area contributed by atoms with E-state index < -0.39 is 11.0 Å². The number of amides is 2. The molecule has 2 amide bonds. The second-order valence-electron chi connectivity index (χ2n) is 14.7. The summed E-state index contributed by atoms with van der Waals surface area (Å²) in [6.45, 7) is 8.38. The van der Waals surface area contributed by atoms with Crippen molar-refractivity contribution in [2.45, 2.75) is 88.9 Å². The van der Waals surface area contributed by atoms with E-state index in [0.717, 1.165) is 74.5 Å². The Hall–Kier alpha value is -3.41. The van der Waals surface area contributed by atoms with Gasteiger partial charge in [-0.1, -0.05) is 36.7 Å². The Morgan fingerprint density at radius 2 is 1.88 bits per heavy atom. The molecule has 2 aliphatic carbocycles. The molecule has 7 rings (SSSR count). The highest BCUT2D eigenvalue weighted by molar-refractivity contribution is 7.84. The van der Waals surface area contributed by atoms with Crippen molar-refractivity contribution in [3.05, 3.63) is 70.3 Å². The number of nitrogens with one attached hydrogen (secondary N) is 2. The maximum absolute atomic E-state index is 13.3. The monoisotopic (exact) mass is 755 g/mol. The van der Waals surface area contributed by atoms with Crippen LogP contribution in [0.1, 0.15) is 87.2 Å². The number of hydrogen-bond donors (Lipinski definition) is 2. The standard InChI is InChI=1S/C33H41ClN2O4S.C4H6O2.C3H7NO/c1-21-6-4-8-30(39-3)27-12-9-25(27)18-36-19-33(15-5-7-23-16-26(34)11-13-28(23)33)20-40-31-14-10-24(17-29(31)36)32(37)35-41(38)22(21)2;5-4-2-1-3-6-4;1-3(5)4-2/h4,8,10-11,13-14,16-17,21-22,25,27,30H,5-7,9,12,15,18-20H2,1-3H3,(H,35,37);1-3H2;1-2H3,(H,4,5)/b8-4+;;/t21?,22?,25?,27?,30?,33-,41?;;/m0../s1. The minimum Gasteiger partial charge on any atom is -0.490 e. The first-order valence-electron chi connectivity index (χ1n) is 18.5. The summed E-state index contributed by atoms with van der Waals surface area (Å²) < 4.78 is 33.0. The molecule has 284 valence electrons. The number of aryl methyl sites for hydroxylation is 1. The van der Waals surface area contributed by atoms with Crippen molar-refractivity contribution in [2.24, 2.45) is 17.8 Å². The Labute approximate surface area is 315 Å². The van der Waals surface area contributed by atoms with Crippen molar-refractivity contribution in [3.8, 4) is 5.75 Å². The van der Waals surface area contributed by atoms with E-state index in [-0.39, 0.29) is 40.5 Å². The smallest absolute Gasteiger partial charge is 0.305 e. The third-order valence-corrected chi connectivity index (χ3v) is 13.0. The lowest BCUT2D eigenvalue weighted by Crippen LogP contribution is -2.49. The van der Waals surface area contributed by atoms with Gasteiger partial charge in [0.1, 0.15) is 16.7 Å². The van der Waals surface area contributed by atoms with Gasteiger partial charge in [-0.2, -0.15) is 0 Å². The molecular formula is C40H54ClN3O7S. The van der Waals surface area contributed by atoms with Gasteiger partial charge in [-0.05, 0) is 111 Å². The van der Waals surface area contributed by atoms with Crippen LogP contribution in [0.5, 0.6) is 5.75 Å². The molecule has 1 saturated carbocycles. The number of nitrogens with zero attached hydrogens (tertiary/aromatic N) is 1. The van der Waals surface area contributed by atoms with Gasteiger partial charge in [0.05, 0.1) is 30.3 Å². The van der Waals surface area contributed by atoms with Gasteiger partial charge in [-0.25, -0.2) is 4.21 Å². The number of allylic oxidation sites excluding steroid dienone is 1. The highest BCUT2D eigenvalue weighted by Gasteiger charge is 2.44. The second kappa shape index (κ2) is 18.1. The molecule has 0 radical (unpaired) electrons. The van der Waals surface area contributed by atoms with Crippen molar-refractivity contribution in [2.75, 3.05) is 45.4 Å². The van der Waals surface area contributed by atoms with Crippen molar-refractivity contribution >= 4 is 46.1 Å². The average Bonchev–Trinajstić information content (AvgIpc) is 3.55. The average molecular weight is 756 g/mol. The van der Waals surface area contributed by atoms with Crippen LogP contribution in [0.3, 0.4) is 0 Å². The predicted octanol–water partition coefficient (Wildman–Crippen LogP) is 6.31. The number of ether oxygens (including phenoxy) is 3. The third kappa shape index (κ3) is 9.57. The van der Waals surface area contributed by atoms with Gasteiger partial charge in [0.25, 0.3) is 5.91 Å². The second-order valence-corrected chi connectivity index (χ2v) is 16.7. The summed E-state index contributed by atoms with van der Waals surface area (Å²) in [5.41, 5.74) is 3.90. The van der Waals surface area contributed by atoms with Gasteiger partial charge in [0.2, 0.25) is 5.91 Å². The van der Waals surface area contributed by atoms with Gasteiger partial charge in [0, 0.05) is 56.6 Å². The number of methoxy groups -OCH3 is 1. The Bertz CT molecular complexity index is 1640. The first-order chi connectivity index (χ1) is 24.9. The quantitative estimate of drug-likeness (QED) is 0.257. The summed E-state index contributed by atoms with van der Waals surface area (Å²) in [7, 11) is 1.90. The molecule has 7 atom stereocenters. The Morgan fingerprint density at radius 3 is 2.52 bits per heavy atom.